The first-order valence-corrected chi connectivity index (χ1v) is 7.15. The molecule has 0 radical (unpaired) electrons. The van der Waals surface area contributed by atoms with Gasteiger partial charge in [0.2, 0.25) is 5.91 Å². The van der Waals surface area contributed by atoms with Crippen molar-refractivity contribution in [2.45, 2.75) is 32.4 Å². The first kappa shape index (κ1) is 15.7. The van der Waals surface area contributed by atoms with Gasteiger partial charge < -0.3 is 21.1 Å². The van der Waals surface area contributed by atoms with Crippen LogP contribution in [0, 0.1) is 12.7 Å². The van der Waals surface area contributed by atoms with Crippen molar-refractivity contribution in [3.8, 4) is 0 Å². The fourth-order valence-electron chi connectivity index (χ4n) is 2.49. The number of carbonyl (C=O) groups is 1. The fourth-order valence-corrected chi connectivity index (χ4v) is 2.49. The maximum absolute atomic E-state index is 13.8. The van der Waals surface area contributed by atoms with Crippen LogP contribution in [0.25, 0.3) is 0 Å². The van der Waals surface area contributed by atoms with E-state index >= 15 is 0 Å². The van der Waals surface area contributed by atoms with Crippen molar-refractivity contribution >= 4 is 11.6 Å². The van der Waals surface area contributed by atoms with Gasteiger partial charge in [0.1, 0.15) is 5.82 Å². The van der Waals surface area contributed by atoms with E-state index in [0.29, 0.717) is 17.9 Å². The van der Waals surface area contributed by atoms with Crippen LogP contribution in [0.1, 0.15) is 29.3 Å². The molecule has 0 spiro atoms. The third kappa shape index (κ3) is 4.15. The molecule has 2 unspecified atom stereocenters. The highest BCUT2D eigenvalue weighted by atomic mass is 19.1. The Labute approximate surface area is 124 Å². The van der Waals surface area contributed by atoms with Crippen LogP contribution in [0.15, 0.2) is 12.1 Å². The molecule has 1 heterocycles. The Morgan fingerprint density at radius 2 is 2.38 bits per heavy atom. The maximum atomic E-state index is 13.8. The number of morpholine rings is 1. The molecular weight excluding hydrogens is 273 g/mol. The van der Waals surface area contributed by atoms with Crippen LogP contribution in [-0.4, -0.2) is 37.7 Å². The highest BCUT2D eigenvalue weighted by Gasteiger charge is 2.18. The number of ether oxygens (including phenoxy) is 1. The van der Waals surface area contributed by atoms with Gasteiger partial charge in [0.05, 0.1) is 13.2 Å². The Hall–Kier alpha value is -1.66. The molecule has 0 aromatic heterocycles. The fraction of sp³-hybridized carbons (Fsp3) is 0.533. The first-order chi connectivity index (χ1) is 9.97. The lowest BCUT2D eigenvalue weighted by atomic mass is 10.0. The van der Waals surface area contributed by atoms with Crippen molar-refractivity contribution in [2.24, 2.45) is 5.73 Å². The van der Waals surface area contributed by atoms with Gasteiger partial charge in [0.25, 0.3) is 0 Å². The summed E-state index contributed by atoms with van der Waals surface area (Å²) in [6.07, 6.45) is 0.849. The van der Waals surface area contributed by atoms with E-state index in [4.69, 9.17) is 10.5 Å². The van der Waals surface area contributed by atoms with Crippen molar-refractivity contribution in [3.63, 3.8) is 0 Å². The monoisotopic (exact) mass is 295 g/mol. The van der Waals surface area contributed by atoms with Gasteiger partial charge in [-0.1, -0.05) is 0 Å². The molecule has 0 saturated carbocycles. The Bertz CT molecular complexity index is 516. The summed E-state index contributed by atoms with van der Waals surface area (Å²) in [7, 11) is 0. The molecule has 116 valence electrons. The number of benzene rings is 1. The third-order valence-electron chi connectivity index (χ3n) is 3.67. The van der Waals surface area contributed by atoms with Crippen molar-refractivity contribution < 1.29 is 13.9 Å². The van der Waals surface area contributed by atoms with Gasteiger partial charge in [0.15, 0.2) is 0 Å². The molecule has 1 saturated heterocycles. The Balaban J connectivity index is 2.05. The van der Waals surface area contributed by atoms with E-state index < -0.39 is 11.7 Å². The van der Waals surface area contributed by atoms with Crippen LogP contribution in [0.3, 0.4) is 0 Å². The van der Waals surface area contributed by atoms with Gasteiger partial charge in [-0.05, 0) is 32.4 Å². The van der Waals surface area contributed by atoms with Crippen LogP contribution in [0.4, 0.5) is 10.1 Å². The highest BCUT2D eigenvalue weighted by molar-refractivity contribution is 5.94. The van der Waals surface area contributed by atoms with Gasteiger partial charge >= 0.3 is 0 Å². The number of amides is 1. The van der Waals surface area contributed by atoms with Crippen molar-refractivity contribution in [1.29, 1.82) is 0 Å². The van der Waals surface area contributed by atoms with Crippen LogP contribution < -0.4 is 16.4 Å². The van der Waals surface area contributed by atoms with Gasteiger partial charge in [0, 0.05) is 35.4 Å². The molecule has 5 nitrogen and oxygen atoms in total. The molecule has 1 aromatic rings. The molecule has 6 heteroatoms. The molecule has 1 aliphatic heterocycles. The second kappa shape index (κ2) is 6.87. The van der Waals surface area contributed by atoms with Crippen LogP contribution in [-0.2, 0) is 4.74 Å². The quantitative estimate of drug-likeness (QED) is 0.768. The lowest BCUT2D eigenvalue weighted by Crippen LogP contribution is -2.43. The lowest BCUT2D eigenvalue weighted by Gasteiger charge is -2.27. The van der Waals surface area contributed by atoms with Crippen molar-refractivity contribution in [3.05, 3.63) is 29.1 Å². The zero-order chi connectivity index (χ0) is 15.4. The number of carbonyl (C=O) groups excluding carboxylic acids is 1. The Morgan fingerprint density at radius 1 is 1.62 bits per heavy atom. The van der Waals surface area contributed by atoms with E-state index in [9.17, 15) is 9.18 Å². The predicted octanol–water partition coefficient (Wildman–Crippen LogP) is 1.41. The average molecular weight is 295 g/mol. The molecule has 2 atom stereocenters. The van der Waals surface area contributed by atoms with E-state index in [-0.39, 0.29) is 17.6 Å². The number of hydrogen-bond acceptors (Lipinski definition) is 4. The second-order valence-corrected chi connectivity index (χ2v) is 5.50. The lowest BCUT2D eigenvalue weighted by molar-refractivity contribution is 0.0731. The summed E-state index contributed by atoms with van der Waals surface area (Å²) < 4.78 is 19.2. The normalized spacial score (nSPS) is 20.0. The number of nitrogens with one attached hydrogen (secondary N) is 2. The zero-order valence-corrected chi connectivity index (χ0v) is 12.4. The molecule has 0 bridgehead atoms. The van der Waals surface area contributed by atoms with E-state index in [1.54, 1.807) is 13.0 Å². The smallest absolute Gasteiger partial charge is 0.248 e. The highest BCUT2D eigenvalue weighted by Crippen LogP contribution is 2.22. The third-order valence-corrected chi connectivity index (χ3v) is 3.67. The maximum Gasteiger partial charge on any atom is 0.248 e. The molecule has 4 N–H and O–H groups in total. The Kier molecular flexibility index (Phi) is 5.14. The van der Waals surface area contributed by atoms with Gasteiger partial charge in [-0.25, -0.2) is 4.39 Å². The summed E-state index contributed by atoms with van der Waals surface area (Å²) in [5.41, 5.74) is 6.49. The van der Waals surface area contributed by atoms with Gasteiger partial charge in [-0.15, -0.1) is 0 Å². The van der Waals surface area contributed by atoms with Crippen molar-refractivity contribution in [1.82, 2.24) is 5.32 Å². The van der Waals surface area contributed by atoms with Crippen molar-refractivity contribution in [2.75, 3.05) is 25.1 Å². The van der Waals surface area contributed by atoms with Crippen LogP contribution in [0.2, 0.25) is 0 Å². The number of hydrogen-bond donors (Lipinski definition) is 3. The number of nitrogens with two attached hydrogens (primary N) is 1. The molecule has 0 aliphatic carbocycles. The largest absolute Gasteiger partial charge is 0.382 e. The minimum Gasteiger partial charge on any atom is -0.382 e. The summed E-state index contributed by atoms with van der Waals surface area (Å²) in [5, 5.41) is 6.63. The minimum absolute atomic E-state index is 0.116. The van der Waals surface area contributed by atoms with Gasteiger partial charge in [-0.2, -0.15) is 0 Å². The van der Waals surface area contributed by atoms with E-state index in [2.05, 4.69) is 10.6 Å². The van der Waals surface area contributed by atoms with Crippen LogP contribution >= 0.6 is 0 Å². The second-order valence-electron chi connectivity index (χ2n) is 5.50. The topological polar surface area (TPSA) is 76.4 Å². The summed E-state index contributed by atoms with van der Waals surface area (Å²) in [6, 6.07) is 3.17. The molecule has 1 aromatic carbocycles. The number of rotatable bonds is 5. The van der Waals surface area contributed by atoms with E-state index in [1.807, 2.05) is 6.92 Å². The molecule has 1 fully saturated rings. The summed E-state index contributed by atoms with van der Waals surface area (Å²) in [4.78, 5) is 11.2. The number of halogens is 1. The predicted molar refractivity (Wildman–Crippen MR) is 80.0 cm³/mol. The Morgan fingerprint density at radius 3 is 3.00 bits per heavy atom. The van der Waals surface area contributed by atoms with E-state index in [0.717, 1.165) is 19.6 Å². The van der Waals surface area contributed by atoms with Crippen LogP contribution in [0.5, 0.6) is 0 Å². The summed E-state index contributed by atoms with van der Waals surface area (Å²) in [6.45, 7) is 5.97. The van der Waals surface area contributed by atoms with E-state index in [1.165, 1.54) is 6.07 Å². The minimum atomic E-state index is -0.632. The molecule has 2 rings (SSSR count). The SMILES string of the molecule is Cc1c(F)cc(C(N)=O)cc1NC(C)CC1COCCN1. The average Bonchev–Trinajstić information content (AvgIpc) is 2.44. The van der Waals surface area contributed by atoms with Gasteiger partial charge in [-0.3, -0.25) is 4.79 Å². The molecule has 21 heavy (non-hydrogen) atoms. The summed E-state index contributed by atoms with van der Waals surface area (Å²) >= 11 is 0. The molecule has 1 amide bonds. The standard InChI is InChI=1S/C15H22FN3O2/c1-9(5-12-8-21-4-3-18-12)19-14-7-11(15(17)20)6-13(16)10(14)2/h6-7,9,12,18-19H,3-5,8H2,1-2H3,(H2,17,20). The first-order valence-electron chi connectivity index (χ1n) is 7.15. The molecule has 1 aliphatic rings. The zero-order valence-electron chi connectivity index (χ0n) is 12.4. The number of primary amides is 1. The summed E-state index contributed by atoms with van der Waals surface area (Å²) in [5.74, 6) is -1.06. The number of anilines is 1. The molecular formula is C15H22FN3O2.